The molecule has 47 heavy (non-hydrogen) atoms. The van der Waals surface area contributed by atoms with Gasteiger partial charge in [-0.15, -0.1) is 0 Å². The van der Waals surface area contributed by atoms with Crippen LogP contribution in [0, 0.1) is 0 Å². The van der Waals surface area contributed by atoms with Gasteiger partial charge in [0.15, 0.2) is 0 Å². The molecule has 0 fully saturated rings. The number of unbranched alkanes of at least 4 members (excludes halogenated alkanes) is 2. The molecule has 0 unspecified atom stereocenters. The Labute approximate surface area is 278 Å². The molecule has 14 nitrogen and oxygen atoms in total. The number of carboxylic acid groups (broad SMARTS) is 2. The van der Waals surface area contributed by atoms with E-state index in [1.807, 2.05) is 20.8 Å². The lowest BCUT2D eigenvalue weighted by Crippen LogP contribution is -2.44. The fourth-order valence-electron chi connectivity index (χ4n) is 4.60. The van der Waals surface area contributed by atoms with Crippen molar-refractivity contribution in [1.29, 1.82) is 0 Å². The van der Waals surface area contributed by atoms with Gasteiger partial charge in [-0.2, -0.15) is 0 Å². The minimum absolute atomic E-state index is 0.0569. The number of carbonyl (C=O) groups excluding carboxylic acids is 5. The lowest BCUT2D eigenvalue weighted by molar-refractivity contribution is -0.142. The Bertz CT molecular complexity index is 1110. The van der Waals surface area contributed by atoms with Crippen molar-refractivity contribution in [3.05, 3.63) is 24.3 Å². The number of aliphatic carboxylic acids is 2. The summed E-state index contributed by atoms with van der Waals surface area (Å²) in [5.74, 6) is -4.77. The van der Waals surface area contributed by atoms with Crippen LogP contribution < -0.4 is 26.6 Å². The van der Waals surface area contributed by atoms with Crippen LogP contribution in [0.2, 0.25) is 0 Å². The molecule has 0 saturated heterocycles. The standard InChI is InChI=1S/C33H55N5O9/c1-7-10-11-20-34-28(40)16-14-26(32(44)45)37-31(43)18-13-25(22(5)9-3)36-29(41)19-15-27(33(46)47)38-30(42)17-12-24(21(4)8-2)35-23(6)39/h24-27H,4-5,7-20H2,1-3,6H3,(H,34,40)(H,35,39)(H,36,41)(H,37,43)(H,38,42)(H,44,45)(H,46,47)/t24-,25-,26-,27-/m0/s1. The third kappa shape index (κ3) is 19.8. The Morgan fingerprint density at radius 3 is 1.28 bits per heavy atom. The average molecular weight is 666 g/mol. The highest BCUT2D eigenvalue weighted by molar-refractivity contribution is 5.85. The monoisotopic (exact) mass is 665 g/mol. The van der Waals surface area contributed by atoms with Gasteiger partial charge in [0.25, 0.3) is 0 Å². The quantitative estimate of drug-likeness (QED) is 0.0532. The molecule has 0 aromatic heterocycles. The highest BCUT2D eigenvalue weighted by atomic mass is 16.4. The van der Waals surface area contributed by atoms with Crippen molar-refractivity contribution in [2.24, 2.45) is 0 Å². The molecule has 0 aromatic carbocycles. The summed E-state index contributed by atoms with van der Waals surface area (Å²) in [6, 6.07) is -3.64. The van der Waals surface area contributed by atoms with Gasteiger partial charge < -0.3 is 36.8 Å². The van der Waals surface area contributed by atoms with Gasteiger partial charge in [-0.3, -0.25) is 24.0 Å². The van der Waals surface area contributed by atoms with Crippen LogP contribution in [0.25, 0.3) is 0 Å². The summed E-state index contributed by atoms with van der Waals surface area (Å²) in [4.78, 5) is 84.8. The summed E-state index contributed by atoms with van der Waals surface area (Å²) in [7, 11) is 0. The van der Waals surface area contributed by atoms with E-state index in [2.05, 4.69) is 39.7 Å². The Morgan fingerprint density at radius 1 is 0.553 bits per heavy atom. The lowest BCUT2D eigenvalue weighted by Gasteiger charge is -2.22. The zero-order valence-corrected chi connectivity index (χ0v) is 28.4. The topological polar surface area (TPSA) is 220 Å². The molecule has 0 aliphatic heterocycles. The zero-order chi connectivity index (χ0) is 35.9. The molecular weight excluding hydrogens is 610 g/mol. The van der Waals surface area contributed by atoms with Crippen LogP contribution in [0.15, 0.2) is 24.3 Å². The Morgan fingerprint density at radius 2 is 0.915 bits per heavy atom. The molecule has 14 heteroatoms. The summed E-state index contributed by atoms with van der Waals surface area (Å²) < 4.78 is 0. The molecule has 0 radical (unpaired) electrons. The van der Waals surface area contributed by atoms with Crippen molar-refractivity contribution in [1.82, 2.24) is 26.6 Å². The van der Waals surface area contributed by atoms with Crippen LogP contribution in [-0.2, 0) is 33.6 Å². The highest BCUT2D eigenvalue weighted by Crippen LogP contribution is 2.13. The van der Waals surface area contributed by atoms with Gasteiger partial charge >= 0.3 is 11.9 Å². The molecule has 0 aliphatic carbocycles. The third-order valence-corrected chi connectivity index (χ3v) is 7.62. The average Bonchev–Trinajstić information content (AvgIpc) is 3.02. The first kappa shape index (κ1) is 42.8. The number of amides is 5. The maximum Gasteiger partial charge on any atom is 0.326 e. The predicted molar refractivity (Wildman–Crippen MR) is 177 cm³/mol. The van der Waals surface area contributed by atoms with Crippen LogP contribution in [0.4, 0.5) is 0 Å². The number of carbonyl (C=O) groups is 7. The molecule has 0 aliphatic rings. The van der Waals surface area contributed by atoms with Crippen LogP contribution in [0.5, 0.6) is 0 Å². The molecule has 5 amide bonds. The van der Waals surface area contributed by atoms with Gasteiger partial charge in [-0.1, -0.05) is 57.9 Å². The summed E-state index contributed by atoms with van der Waals surface area (Å²) in [5.41, 5.74) is 1.35. The molecule has 0 heterocycles. The molecule has 0 aromatic rings. The second kappa shape index (κ2) is 24.0. The number of hydrogen-bond acceptors (Lipinski definition) is 7. The lowest BCUT2D eigenvalue weighted by atomic mass is 10.00. The number of nitrogens with one attached hydrogen (secondary N) is 5. The molecule has 0 saturated carbocycles. The molecule has 0 spiro atoms. The van der Waals surface area contributed by atoms with Gasteiger partial charge in [-0.05, 0) is 44.9 Å². The minimum atomic E-state index is -1.33. The number of carboxylic acids is 2. The van der Waals surface area contributed by atoms with Gasteiger partial charge in [0.1, 0.15) is 12.1 Å². The Kier molecular flexibility index (Phi) is 21.9. The first-order valence-electron chi connectivity index (χ1n) is 16.4. The molecular formula is C33H55N5O9. The van der Waals surface area contributed by atoms with E-state index in [0.29, 0.717) is 25.0 Å². The largest absolute Gasteiger partial charge is 0.480 e. The van der Waals surface area contributed by atoms with Gasteiger partial charge in [-0.25, -0.2) is 9.59 Å². The van der Waals surface area contributed by atoms with E-state index in [1.54, 1.807) is 0 Å². The van der Waals surface area contributed by atoms with E-state index >= 15 is 0 Å². The van der Waals surface area contributed by atoms with Crippen LogP contribution in [0.3, 0.4) is 0 Å². The van der Waals surface area contributed by atoms with Gasteiger partial charge in [0.05, 0.1) is 12.1 Å². The molecule has 4 atom stereocenters. The van der Waals surface area contributed by atoms with Crippen LogP contribution in [-0.4, -0.2) is 82.4 Å². The fourth-order valence-corrected chi connectivity index (χ4v) is 4.60. The van der Waals surface area contributed by atoms with Gasteiger partial charge in [0, 0.05) is 39.2 Å². The molecule has 0 bridgehead atoms. The Balaban J connectivity index is 4.99. The van der Waals surface area contributed by atoms with E-state index in [4.69, 9.17) is 0 Å². The predicted octanol–water partition coefficient (Wildman–Crippen LogP) is 2.47. The van der Waals surface area contributed by atoms with E-state index in [0.717, 1.165) is 24.8 Å². The maximum absolute atomic E-state index is 12.8. The van der Waals surface area contributed by atoms with Crippen LogP contribution >= 0.6 is 0 Å². The summed E-state index contributed by atoms with van der Waals surface area (Å²) >= 11 is 0. The van der Waals surface area contributed by atoms with Crippen molar-refractivity contribution < 1.29 is 43.8 Å². The molecule has 0 rings (SSSR count). The minimum Gasteiger partial charge on any atom is -0.480 e. The van der Waals surface area contributed by atoms with E-state index in [1.165, 1.54) is 6.92 Å². The zero-order valence-electron chi connectivity index (χ0n) is 28.4. The van der Waals surface area contributed by atoms with E-state index < -0.39 is 53.8 Å². The summed E-state index contributed by atoms with van der Waals surface area (Å²) in [6.07, 6.45) is 3.49. The molecule has 266 valence electrons. The summed E-state index contributed by atoms with van der Waals surface area (Å²) in [5, 5.41) is 32.2. The normalized spacial score (nSPS) is 13.2. The van der Waals surface area contributed by atoms with E-state index in [9.17, 15) is 43.8 Å². The second-order valence-electron chi connectivity index (χ2n) is 11.5. The van der Waals surface area contributed by atoms with Crippen molar-refractivity contribution in [3.63, 3.8) is 0 Å². The Hall–Kier alpha value is -4.23. The molecule has 7 N–H and O–H groups in total. The van der Waals surface area contributed by atoms with Crippen molar-refractivity contribution in [2.75, 3.05) is 6.54 Å². The number of hydrogen-bond donors (Lipinski definition) is 7. The van der Waals surface area contributed by atoms with Crippen LogP contribution in [0.1, 0.15) is 111 Å². The first-order valence-corrected chi connectivity index (χ1v) is 16.4. The van der Waals surface area contributed by atoms with Crippen molar-refractivity contribution in [2.45, 2.75) is 135 Å². The second-order valence-corrected chi connectivity index (χ2v) is 11.5. The fraction of sp³-hybridized carbons (Fsp3) is 0.667. The first-order chi connectivity index (χ1) is 22.1. The third-order valence-electron chi connectivity index (χ3n) is 7.62. The SMILES string of the molecule is C=C(CC)[C@H](CCC(=O)N[C@@H](CCC(=O)N[C@@H](CCC(=O)N[C@@H](CCC(=O)NCCCCC)C(=O)O)C(=C)CC)C(=O)O)NC(C)=O. The van der Waals surface area contributed by atoms with Crippen molar-refractivity contribution >= 4 is 41.5 Å². The smallest absolute Gasteiger partial charge is 0.326 e. The van der Waals surface area contributed by atoms with Gasteiger partial charge in [0.2, 0.25) is 29.5 Å². The highest BCUT2D eigenvalue weighted by Gasteiger charge is 2.25. The van der Waals surface area contributed by atoms with Crippen molar-refractivity contribution in [3.8, 4) is 0 Å². The summed E-state index contributed by atoms with van der Waals surface area (Å²) in [6.45, 7) is 15.4. The maximum atomic E-state index is 12.8. The number of rotatable bonds is 26. The van der Waals surface area contributed by atoms with E-state index in [-0.39, 0.29) is 63.2 Å².